The maximum atomic E-state index is 12.2. The molecule has 3 aromatic rings. The second-order valence-corrected chi connectivity index (χ2v) is 5.03. The van der Waals surface area contributed by atoms with Crippen LogP contribution < -0.4 is 5.32 Å². The number of benzene rings is 2. The van der Waals surface area contributed by atoms with Crippen molar-refractivity contribution in [3.63, 3.8) is 0 Å². The van der Waals surface area contributed by atoms with Crippen molar-refractivity contribution in [2.24, 2.45) is 0 Å². The van der Waals surface area contributed by atoms with Gasteiger partial charge < -0.3 is 5.32 Å². The smallest absolute Gasteiger partial charge is 0.273 e. The second-order valence-electron chi connectivity index (χ2n) is 5.03. The van der Waals surface area contributed by atoms with E-state index in [0.717, 1.165) is 5.69 Å². The van der Waals surface area contributed by atoms with Crippen molar-refractivity contribution in [1.82, 2.24) is 14.8 Å². The quantitative estimate of drug-likeness (QED) is 0.573. The molecule has 0 saturated carbocycles. The van der Waals surface area contributed by atoms with E-state index in [1.807, 2.05) is 6.07 Å². The Morgan fingerprint density at radius 1 is 1.12 bits per heavy atom. The van der Waals surface area contributed by atoms with Crippen molar-refractivity contribution >= 4 is 17.3 Å². The lowest BCUT2D eigenvalue weighted by Crippen LogP contribution is -2.15. The summed E-state index contributed by atoms with van der Waals surface area (Å²) in [7, 11) is 0. The van der Waals surface area contributed by atoms with Crippen molar-refractivity contribution in [2.75, 3.05) is 5.32 Å². The molecule has 3 rings (SSSR count). The van der Waals surface area contributed by atoms with Crippen molar-refractivity contribution in [2.45, 2.75) is 6.42 Å². The number of nitrogens with one attached hydrogen (secondary N) is 1. The molecule has 0 bridgehead atoms. The van der Waals surface area contributed by atoms with Gasteiger partial charge in [0.2, 0.25) is 5.91 Å². The highest BCUT2D eigenvalue weighted by Gasteiger charge is 2.15. The van der Waals surface area contributed by atoms with Crippen LogP contribution in [0.2, 0.25) is 0 Å². The highest BCUT2D eigenvalue weighted by atomic mass is 16.6. The van der Waals surface area contributed by atoms with Crippen LogP contribution in [0.25, 0.3) is 5.69 Å². The topological polar surface area (TPSA) is 103 Å². The van der Waals surface area contributed by atoms with Crippen molar-refractivity contribution in [3.05, 3.63) is 76.9 Å². The molecule has 120 valence electrons. The number of nitro groups is 1. The molecule has 1 aromatic heterocycles. The molecule has 0 aliphatic carbocycles. The molecule has 0 saturated heterocycles. The predicted molar refractivity (Wildman–Crippen MR) is 86.8 cm³/mol. The predicted octanol–water partition coefficient (Wildman–Crippen LogP) is 2.36. The largest absolute Gasteiger partial charge is 0.326 e. The molecule has 0 fully saturated rings. The van der Waals surface area contributed by atoms with Gasteiger partial charge in [-0.3, -0.25) is 19.5 Å². The van der Waals surface area contributed by atoms with Crippen molar-refractivity contribution < 1.29 is 9.72 Å². The molecule has 1 N–H and O–H groups in total. The Morgan fingerprint density at radius 2 is 1.88 bits per heavy atom. The summed E-state index contributed by atoms with van der Waals surface area (Å²) in [5, 5.41) is 21.2. The highest BCUT2D eigenvalue weighted by molar-refractivity contribution is 5.93. The second kappa shape index (κ2) is 6.69. The molecule has 0 atom stereocenters. The van der Waals surface area contributed by atoms with Crippen LogP contribution in [0.15, 0.2) is 61.2 Å². The zero-order valence-corrected chi connectivity index (χ0v) is 12.5. The normalized spacial score (nSPS) is 10.3. The third-order valence-electron chi connectivity index (χ3n) is 3.39. The molecular formula is C16H13N5O3. The molecule has 1 amide bonds. The Morgan fingerprint density at radius 3 is 2.62 bits per heavy atom. The number of amides is 1. The van der Waals surface area contributed by atoms with Gasteiger partial charge in [-0.2, -0.15) is 0 Å². The third-order valence-corrected chi connectivity index (χ3v) is 3.39. The molecule has 24 heavy (non-hydrogen) atoms. The maximum absolute atomic E-state index is 12.2. The van der Waals surface area contributed by atoms with Gasteiger partial charge in [0.1, 0.15) is 12.7 Å². The van der Waals surface area contributed by atoms with Crippen LogP contribution in [-0.4, -0.2) is 25.6 Å². The fourth-order valence-electron chi connectivity index (χ4n) is 2.29. The number of aromatic nitrogens is 3. The van der Waals surface area contributed by atoms with Gasteiger partial charge in [-0.25, -0.2) is 0 Å². The Bertz CT molecular complexity index is 877. The summed E-state index contributed by atoms with van der Waals surface area (Å²) in [5.74, 6) is -0.329. The molecule has 8 heteroatoms. The zero-order chi connectivity index (χ0) is 16.9. The molecule has 2 aromatic carbocycles. The third kappa shape index (κ3) is 3.43. The van der Waals surface area contributed by atoms with Gasteiger partial charge in [0.05, 0.1) is 17.0 Å². The van der Waals surface area contributed by atoms with E-state index in [2.05, 4.69) is 15.5 Å². The van der Waals surface area contributed by atoms with E-state index >= 15 is 0 Å². The van der Waals surface area contributed by atoms with Crippen LogP contribution in [0.3, 0.4) is 0 Å². The van der Waals surface area contributed by atoms with Gasteiger partial charge >= 0.3 is 0 Å². The van der Waals surface area contributed by atoms with Crippen LogP contribution in [-0.2, 0) is 11.2 Å². The van der Waals surface area contributed by atoms with E-state index in [4.69, 9.17) is 0 Å². The molecule has 0 aliphatic rings. The van der Waals surface area contributed by atoms with E-state index in [1.165, 1.54) is 6.07 Å². The van der Waals surface area contributed by atoms with Gasteiger partial charge in [-0.05, 0) is 18.2 Å². The number of hydrogen-bond donors (Lipinski definition) is 1. The zero-order valence-electron chi connectivity index (χ0n) is 12.5. The van der Waals surface area contributed by atoms with Crippen LogP contribution >= 0.6 is 0 Å². The maximum Gasteiger partial charge on any atom is 0.273 e. The minimum Gasteiger partial charge on any atom is -0.326 e. The summed E-state index contributed by atoms with van der Waals surface area (Å²) >= 11 is 0. The van der Waals surface area contributed by atoms with Gasteiger partial charge in [-0.15, -0.1) is 10.2 Å². The van der Waals surface area contributed by atoms with E-state index in [1.54, 1.807) is 53.6 Å². The fourth-order valence-corrected chi connectivity index (χ4v) is 2.29. The van der Waals surface area contributed by atoms with Crippen LogP contribution in [0.4, 0.5) is 11.4 Å². The van der Waals surface area contributed by atoms with Crippen LogP contribution in [0.5, 0.6) is 0 Å². The lowest BCUT2D eigenvalue weighted by molar-refractivity contribution is -0.385. The first kappa shape index (κ1) is 15.3. The first-order chi connectivity index (χ1) is 11.6. The van der Waals surface area contributed by atoms with Crippen LogP contribution in [0, 0.1) is 10.1 Å². The number of para-hydroxylation sites is 1. The lowest BCUT2D eigenvalue weighted by atomic mass is 10.1. The SMILES string of the molecule is O=C(Cc1ccccc1[N+](=O)[O-])Nc1cccc(-n2cnnc2)c1. The number of anilines is 1. The monoisotopic (exact) mass is 323 g/mol. The standard InChI is InChI=1S/C16H13N5O3/c22-16(8-12-4-1-2-7-15(12)21(23)24)19-13-5-3-6-14(9-13)20-10-17-18-11-20/h1-7,9-11H,8H2,(H,19,22). The summed E-state index contributed by atoms with van der Waals surface area (Å²) in [4.78, 5) is 22.7. The van der Waals surface area contributed by atoms with E-state index in [-0.39, 0.29) is 18.0 Å². The van der Waals surface area contributed by atoms with E-state index in [9.17, 15) is 14.9 Å². The first-order valence-corrected chi connectivity index (χ1v) is 7.11. The molecule has 8 nitrogen and oxygen atoms in total. The molecule has 0 aliphatic heterocycles. The van der Waals surface area contributed by atoms with Crippen LogP contribution in [0.1, 0.15) is 5.56 Å². The summed E-state index contributed by atoms with van der Waals surface area (Å²) in [6.45, 7) is 0. The molecule has 0 spiro atoms. The van der Waals surface area contributed by atoms with E-state index < -0.39 is 4.92 Å². The number of hydrogen-bond acceptors (Lipinski definition) is 5. The number of carbonyl (C=O) groups is 1. The Balaban J connectivity index is 1.74. The number of nitrogens with zero attached hydrogens (tertiary/aromatic N) is 4. The minimum atomic E-state index is -0.491. The van der Waals surface area contributed by atoms with Gasteiger partial charge in [0.15, 0.2) is 0 Å². The van der Waals surface area contributed by atoms with Gasteiger partial charge in [-0.1, -0.05) is 24.3 Å². The fraction of sp³-hybridized carbons (Fsp3) is 0.0625. The lowest BCUT2D eigenvalue weighted by Gasteiger charge is -2.08. The molecule has 0 unspecified atom stereocenters. The average Bonchev–Trinajstić information content (AvgIpc) is 3.10. The number of carbonyl (C=O) groups excluding carboxylic acids is 1. The van der Waals surface area contributed by atoms with E-state index in [0.29, 0.717) is 11.3 Å². The average molecular weight is 323 g/mol. The number of rotatable bonds is 5. The Hall–Kier alpha value is -3.55. The first-order valence-electron chi connectivity index (χ1n) is 7.11. The molecule has 1 heterocycles. The highest BCUT2D eigenvalue weighted by Crippen LogP contribution is 2.19. The summed E-state index contributed by atoms with van der Waals surface area (Å²) in [6, 6.07) is 13.3. The summed E-state index contributed by atoms with van der Waals surface area (Å²) < 4.78 is 1.71. The van der Waals surface area contributed by atoms with Crippen molar-refractivity contribution in [3.8, 4) is 5.69 Å². The molecular weight excluding hydrogens is 310 g/mol. The number of nitro benzene ring substituents is 1. The summed E-state index contributed by atoms with van der Waals surface area (Å²) in [6.07, 6.45) is 3.02. The van der Waals surface area contributed by atoms with Crippen molar-refractivity contribution in [1.29, 1.82) is 0 Å². The van der Waals surface area contributed by atoms with Gasteiger partial charge in [0, 0.05) is 17.3 Å². The Kier molecular flexibility index (Phi) is 4.28. The minimum absolute atomic E-state index is 0.0640. The summed E-state index contributed by atoms with van der Waals surface area (Å²) in [5.41, 5.74) is 1.69. The Labute approximate surface area is 136 Å². The van der Waals surface area contributed by atoms with Gasteiger partial charge in [0.25, 0.3) is 5.69 Å². The molecule has 0 radical (unpaired) electrons.